The number of rotatable bonds is 3. The van der Waals surface area contributed by atoms with Crippen molar-refractivity contribution in [1.82, 2.24) is 5.32 Å². The van der Waals surface area contributed by atoms with Gasteiger partial charge < -0.3 is 5.32 Å². The van der Waals surface area contributed by atoms with Crippen LogP contribution in [0, 0.1) is 12.8 Å². The lowest BCUT2D eigenvalue weighted by Gasteiger charge is -2.20. The normalized spacial score (nSPS) is 13.8. The number of thiophene rings is 1. The van der Waals surface area contributed by atoms with Crippen LogP contribution in [-0.2, 0) is 0 Å². The van der Waals surface area contributed by atoms with Crippen molar-refractivity contribution in [2.75, 3.05) is 7.05 Å². The molecule has 68 valence electrons. The zero-order chi connectivity index (χ0) is 9.14. The van der Waals surface area contributed by atoms with E-state index in [0.717, 1.165) is 0 Å². The Labute approximate surface area is 78.8 Å². The topological polar surface area (TPSA) is 12.0 Å². The Balaban J connectivity index is 2.87. The van der Waals surface area contributed by atoms with Gasteiger partial charge >= 0.3 is 0 Å². The molecule has 0 saturated heterocycles. The minimum absolute atomic E-state index is 0.510. The van der Waals surface area contributed by atoms with E-state index in [-0.39, 0.29) is 0 Å². The minimum Gasteiger partial charge on any atom is -0.313 e. The molecule has 0 amide bonds. The van der Waals surface area contributed by atoms with Crippen molar-refractivity contribution < 1.29 is 0 Å². The summed E-state index contributed by atoms with van der Waals surface area (Å²) in [5, 5.41) is 7.81. The molecule has 1 N–H and O–H groups in total. The van der Waals surface area contributed by atoms with Gasteiger partial charge in [-0.25, -0.2) is 0 Å². The van der Waals surface area contributed by atoms with Crippen LogP contribution in [0.15, 0.2) is 10.8 Å². The van der Waals surface area contributed by atoms with Crippen LogP contribution < -0.4 is 5.32 Å². The average molecular weight is 183 g/mol. The van der Waals surface area contributed by atoms with E-state index in [2.05, 4.69) is 36.8 Å². The van der Waals surface area contributed by atoms with Crippen molar-refractivity contribution >= 4 is 11.3 Å². The predicted molar refractivity (Wildman–Crippen MR) is 55.7 cm³/mol. The van der Waals surface area contributed by atoms with E-state index in [9.17, 15) is 0 Å². The van der Waals surface area contributed by atoms with Crippen LogP contribution in [0.3, 0.4) is 0 Å². The summed E-state index contributed by atoms with van der Waals surface area (Å²) in [7, 11) is 2.03. The maximum atomic E-state index is 3.35. The first kappa shape index (κ1) is 9.75. The summed E-state index contributed by atoms with van der Waals surface area (Å²) in [5.41, 5.74) is 2.87. The molecule has 12 heavy (non-hydrogen) atoms. The van der Waals surface area contributed by atoms with Gasteiger partial charge in [-0.1, -0.05) is 13.8 Å². The van der Waals surface area contributed by atoms with Gasteiger partial charge in [0.15, 0.2) is 0 Å². The first-order valence-electron chi connectivity index (χ1n) is 4.36. The van der Waals surface area contributed by atoms with Crippen LogP contribution in [0.25, 0.3) is 0 Å². The molecule has 1 heterocycles. The lowest BCUT2D eigenvalue weighted by Crippen LogP contribution is -2.21. The summed E-state index contributed by atoms with van der Waals surface area (Å²) in [6.07, 6.45) is 0. The fourth-order valence-corrected chi connectivity index (χ4v) is 2.42. The summed E-state index contributed by atoms with van der Waals surface area (Å²) in [5.74, 6) is 0.656. The summed E-state index contributed by atoms with van der Waals surface area (Å²) in [6, 6.07) is 0.510. The second-order valence-corrected chi connectivity index (χ2v) is 4.26. The van der Waals surface area contributed by atoms with Crippen molar-refractivity contribution in [3.05, 3.63) is 21.9 Å². The fourth-order valence-electron chi connectivity index (χ4n) is 1.54. The molecule has 1 unspecified atom stereocenters. The van der Waals surface area contributed by atoms with Gasteiger partial charge in [0.05, 0.1) is 0 Å². The highest BCUT2D eigenvalue weighted by Crippen LogP contribution is 2.26. The lowest BCUT2D eigenvalue weighted by molar-refractivity contribution is 0.442. The van der Waals surface area contributed by atoms with Crippen LogP contribution in [0.4, 0.5) is 0 Å². The molecule has 0 aliphatic rings. The second-order valence-electron chi connectivity index (χ2n) is 3.52. The Morgan fingerprint density at radius 1 is 1.33 bits per heavy atom. The second kappa shape index (κ2) is 4.06. The number of aryl methyl sites for hydroxylation is 1. The van der Waals surface area contributed by atoms with Gasteiger partial charge in [0.25, 0.3) is 0 Å². The molecule has 0 fully saturated rings. The first-order valence-corrected chi connectivity index (χ1v) is 5.31. The maximum absolute atomic E-state index is 3.35. The van der Waals surface area contributed by atoms with E-state index in [1.807, 2.05) is 7.05 Å². The molecule has 2 heteroatoms. The Morgan fingerprint density at radius 3 is 2.33 bits per heavy atom. The van der Waals surface area contributed by atoms with Crippen LogP contribution in [0.2, 0.25) is 0 Å². The van der Waals surface area contributed by atoms with E-state index < -0.39 is 0 Å². The highest BCUT2D eigenvalue weighted by Gasteiger charge is 2.15. The number of hydrogen-bond donors (Lipinski definition) is 1. The van der Waals surface area contributed by atoms with Crippen molar-refractivity contribution in [2.45, 2.75) is 26.8 Å². The molecule has 0 aliphatic heterocycles. The van der Waals surface area contributed by atoms with Gasteiger partial charge in [0.2, 0.25) is 0 Å². The zero-order valence-electron chi connectivity index (χ0n) is 8.22. The van der Waals surface area contributed by atoms with Gasteiger partial charge in [-0.15, -0.1) is 0 Å². The smallest absolute Gasteiger partial charge is 0.0351 e. The molecule has 0 radical (unpaired) electrons. The summed E-state index contributed by atoms with van der Waals surface area (Å²) < 4.78 is 0. The minimum atomic E-state index is 0.510. The number of hydrogen-bond acceptors (Lipinski definition) is 2. The monoisotopic (exact) mass is 183 g/mol. The highest BCUT2D eigenvalue weighted by molar-refractivity contribution is 7.08. The molecule has 1 aromatic heterocycles. The quantitative estimate of drug-likeness (QED) is 0.759. The average Bonchev–Trinajstić information content (AvgIpc) is 2.38. The van der Waals surface area contributed by atoms with Gasteiger partial charge in [0.1, 0.15) is 0 Å². The molecule has 1 atom stereocenters. The van der Waals surface area contributed by atoms with E-state index in [0.29, 0.717) is 12.0 Å². The Bertz CT molecular complexity index is 240. The standard InChI is InChI=1S/C10H17NS/c1-7(2)10(11-4)9-6-12-5-8(9)3/h5-7,10-11H,1-4H3. The molecule has 1 rings (SSSR count). The lowest BCUT2D eigenvalue weighted by atomic mass is 9.96. The summed E-state index contributed by atoms with van der Waals surface area (Å²) >= 11 is 1.79. The van der Waals surface area contributed by atoms with E-state index in [4.69, 9.17) is 0 Å². The predicted octanol–water partition coefficient (Wildman–Crippen LogP) is 2.97. The summed E-state index contributed by atoms with van der Waals surface area (Å²) in [6.45, 7) is 6.68. The van der Waals surface area contributed by atoms with Crippen molar-refractivity contribution in [1.29, 1.82) is 0 Å². The highest BCUT2D eigenvalue weighted by atomic mass is 32.1. The largest absolute Gasteiger partial charge is 0.313 e. The van der Waals surface area contributed by atoms with Crippen LogP contribution in [-0.4, -0.2) is 7.05 Å². The molecule has 0 aromatic carbocycles. The van der Waals surface area contributed by atoms with Crippen LogP contribution in [0.5, 0.6) is 0 Å². The fraction of sp³-hybridized carbons (Fsp3) is 0.600. The molecule has 0 aliphatic carbocycles. The van der Waals surface area contributed by atoms with Crippen molar-refractivity contribution in [2.24, 2.45) is 5.92 Å². The summed E-state index contributed by atoms with van der Waals surface area (Å²) in [4.78, 5) is 0. The molecule has 1 aromatic rings. The Hall–Kier alpha value is -0.340. The Kier molecular flexibility index (Phi) is 3.29. The first-order chi connectivity index (χ1) is 5.66. The molecule has 0 bridgehead atoms. The molecule has 0 saturated carbocycles. The molecule has 0 spiro atoms. The van der Waals surface area contributed by atoms with Crippen LogP contribution >= 0.6 is 11.3 Å². The zero-order valence-corrected chi connectivity index (χ0v) is 9.03. The van der Waals surface area contributed by atoms with Gasteiger partial charge in [-0.2, -0.15) is 11.3 Å². The third-order valence-electron chi connectivity index (χ3n) is 2.21. The van der Waals surface area contributed by atoms with Gasteiger partial charge in [-0.3, -0.25) is 0 Å². The Morgan fingerprint density at radius 2 is 2.00 bits per heavy atom. The number of nitrogens with one attached hydrogen (secondary N) is 1. The van der Waals surface area contributed by atoms with Crippen molar-refractivity contribution in [3.63, 3.8) is 0 Å². The third kappa shape index (κ3) is 1.87. The van der Waals surface area contributed by atoms with Gasteiger partial charge in [-0.05, 0) is 41.8 Å². The van der Waals surface area contributed by atoms with E-state index in [1.54, 1.807) is 11.3 Å². The van der Waals surface area contributed by atoms with E-state index >= 15 is 0 Å². The third-order valence-corrected chi connectivity index (χ3v) is 3.09. The molecular weight excluding hydrogens is 166 g/mol. The SMILES string of the molecule is CNC(c1cscc1C)C(C)C. The van der Waals surface area contributed by atoms with E-state index in [1.165, 1.54) is 11.1 Å². The molecule has 1 nitrogen and oxygen atoms in total. The van der Waals surface area contributed by atoms with Crippen molar-refractivity contribution in [3.8, 4) is 0 Å². The van der Waals surface area contributed by atoms with Gasteiger partial charge in [0, 0.05) is 6.04 Å². The molecular formula is C10H17NS. The van der Waals surface area contributed by atoms with Crippen LogP contribution in [0.1, 0.15) is 31.0 Å². The maximum Gasteiger partial charge on any atom is 0.0351 e.